The molecule has 1 heterocycles. The van der Waals surface area contributed by atoms with Gasteiger partial charge in [0.2, 0.25) is 17.7 Å². The summed E-state index contributed by atoms with van der Waals surface area (Å²) in [7, 11) is 3.83. The van der Waals surface area contributed by atoms with Gasteiger partial charge in [0.1, 0.15) is 6.04 Å². The Hall–Kier alpha value is -2.91. The molecule has 0 aliphatic carbocycles. The van der Waals surface area contributed by atoms with Crippen molar-refractivity contribution in [3.63, 3.8) is 0 Å². The summed E-state index contributed by atoms with van der Waals surface area (Å²) < 4.78 is 0. The Bertz CT molecular complexity index is 909. The average molecular weight is 446 g/mol. The van der Waals surface area contributed by atoms with E-state index in [1.807, 2.05) is 63.3 Å². The van der Waals surface area contributed by atoms with Crippen LogP contribution >= 0.6 is 0 Å². The molecule has 0 saturated heterocycles. The first-order valence-corrected chi connectivity index (χ1v) is 10.9. The molecule has 0 aliphatic heterocycles. The minimum Gasteiger partial charge on any atom is -0.361 e. The van der Waals surface area contributed by atoms with E-state index in [-0.39, 0.29) is 24.2 Å². The zero-order chi connectivity index (χ0) is 23.7. The molecule has 1 aromatic heterocycles. The molecule has 0 bridgehead atoms. The maximum absolute atomic E-state index is 13.1. The molecule has 2 aromatic rings. The van der Waals surface area contributed by atoms with Gasteiger partial charge in [-0.2, -0.15) is 0 Å². The molecule has 0 radical (unpaired) electrons. The number of carbonyl (C=O) groups is 3. The number of benzene rings is 1. The van der Waals surface area contributed by atoms with Gasteiger partial charge < -0.3 is 20.5 Å². The molecular weight excluding hydrogens is 410 g/mol. The molecule has 1 aromatic carbocycles. The van der Waals surface area contributed by atoms with Crippen LogP contribution in [0.2, 0.25) is 0 Å². The van der Waals surface area contributed by atoms with Crippen LogP contribution in [0.1, 0.15) is 32.3 Å². The number of carbonyl (C=O) groups excluding carboxylic acids is 3. The largest absolute Gasteiger partial charge is 0.361 e. The second-order valence-corrected chi connectivity index (χ2v) is 8.78. The Morgan fingerprint density at radius 2 is 1.84 bits per heavy atom. The van der Waals surface area contributed by atoms with E-state index < -0.39 is 17.9 Å². The van der Waals surface area contributed by atoms with E-state index in [1.165, 1.54) is 0 Å². The molecule has 32 heavy (non-hydrogen) atoms. The monoisotopic (exact) mass is 445 g/mol. The summed E-state index contributed by atoms with van der Waals surface area (Å²) in [6, 6.07) is 6.98. The zero-order valence-corrected chi connectivity index (χ0v) is 19.3. The Morgan fingerprint density at radius 1 is 1.12 bits per heavy atom. The molecule has 0 unspecified atom stereocenters. The Balaban J connectivity index is 2.20. The van der Waals surface area contributed by atoms with Gasteiger partial charge in [-0.1, -0.05) is 32.0 Å². The first-order chi connectivity index (χ1) is 15.2. The summed E-state index contributed by atoms with van der Waals surface area (Å²) in [5, 5.41) is 15.6. The number of para-hydroxylation sites is 1. The molecule has 2 atom stereocenters. The Labute approximate surface area is 188 Å². The number of aromatic nitrogens is 1. The molecule has 2 rings (SSSR count). The summed E-state index contributed by atoms with van der Waals surface area (Å²) in [4.78, 5) is 42.9. The third-order valence-corrected chi connectivity index (χ3v) is 5.27. The highest BCUT2D eigenvalue weighted by molar-refractivity contribution is 5.91. The number of nitrogens with one attached hydrogen (secondary N) is 4. The number of fused-ring (bicyclic) bond motifs is 1. The van der Waals surface area contributed by atoms with E-state index in [0.29, 0.717) is 25.9 Å². The molecule has 0 aliphatic rings. The number of amides is 3. The van der Waals surface area contributed by atoms with Crippen molar-refractivity contribution < 1.29 is 19.6 Å². The smallest absolute Gasteiger partial charge is 0.244 e. The lowest BCUT2D eigenvalue weighted by atomic mass is 9.92. The number of hydroxylamine groups is 1. The van der Waals surface area contributed by atoms with Crippen molar-refractivity contribution in [1.82, 2.24) is 26.0 Å². The lowest BCUT2D eigenvalue weighted by Gasteiger charge is -2.23. The fraction of sp³-hybridized carbons (Fsp3) is 0.522. The van der Waals surface area contributed by atoms with Crippen LogP contribution in [0.5, 0.6) is 0 Å². The second kappa shape index (κ2) is 12.2. The number of hydrogen-bond donors (Lipinski definition) is 5. The minimum absolute atomic E-state index is 0.150. The second-order valence-electron chi connectivity index (χ2n) is 8.78. The number of nitrogens with zero attached hydrogens (tertiary/aromatic N) is 1. The standard InChI is InChI=1S/C23H35N5O4/c1-15(2)11-16(13-21(29)27-32)22(30)26-20(23(31)24-9-10-28(3)4)12-17-14-25-19-8-6-5-7-18(17)19/h5-8,14-16,20,25,32H,9-13H2,1-4H3,(H,24,31)(H,26,30)(H,27,29)/t16-,20+/m1/s1. The molecule has 176 valence electrons. The SMILES string of the molecule is CC(C)C[C@H](CC(=O)NO)C(=O)N[C@@H](Cc1c[nH]c2ccccc12)C(=O)NCCN(C)C. The summed E-state index contributed by atoms with van der Waals surface area (Å²) in [5.41, 5.74) is 3.46. The quantitative estimate of drug-likeness (QED) is 0.250. The third kappa shape index (κ3) is 7.65. The fourth-order valence-corrected chi connectivity index (χ4v) is 3.67. The van der Waals surface area contributed by atoms with Gasteiger partial charge in [-0.25, -0.2) is 5.48 Å². The van der Waals surface area contributed by atoms with Crippen LogP contribution in [-0.2, 0) is 20.8 Å². The number of rotatable bonds is 12. The summed E-state index contributed by atoms with van der Waals surface area (Å²) in [6.07, 6.45) is 2.47. The van der Waals surface area contributed by atoms with Crippen molar-refractivity contribution in [3.05, 3.63) is 36.0 Å². The van der Waals surface area contributed by atoms with Crippen LogP contribution in [0.15, 0.2) is 30.5 Å². The predicted molar refractivity (Wildman–Crippen MR) is 123 cm³/mol. The molecule has 0 fully saturated rings. The van der Waals surface area contributed by atoms with Gasteiger partial charge in [-0.15, -0.1) is 0 Å². The number of likely N-dealkylation sites (N-methyl/N-ethyl adjacent to an activating group) is 1. The Morgan fingerprint density at radius 3 is 2.50 bits per heavy atom. The fourth-order valence-electron chi connectivity index (χ4n) is 3.67. The number of hydrogen-bond acceptors (Lipinski definition) is 5. The van der Waals surface area contributed by atoms with Gasteiger partial charge in [0.05, 0.1) is 0 Å². The summed E-state index contributed by atoms with van der Waals surface area (Å²) in [6.45, 7) is 5.03. The molecular formula is C23H35N5O4. The average Bonchev–Trinajstić information content (AvgIpc) is 3.14. The van der Waals surface area contributed by atoms with Gasteiger partial charge in [0, 0.05) is 48.9 Å². The highest BCUT2D eigenvalue weighted by Gasteiger charge is 2.28. The van der Waals surface area contributed by atoms with Crippen molar-refractivity contribution in [1.29, 1.82) is 0 Å². The van der Waals surface area contributed by atoms with E-state index >= 15 is 0 Å². The van der Waals surface area contributed by atoms with E-state index in [1.54, 1.807) is 5.48 Å². The van der Waals surface area contributed by atoms with Crippen molar-refractivity contribution in [2.24, 2.45) is 11.8 Å². The third-order valence-electron chi connectivity index (χ3n) is 5.27. The normalized spacial score (nSPS) is 13.2. The van der Waals surface area contributed by atoms with Crippen LogP contribution in [0.3, 0.4) is 0 Å². The molecule has 3 amide bonds. The minimum atomic E-state index is -0.796. The maximum Gasteiger partial charge on any atom is 0.244 e. The van der Waals surface area contributed by atoms with Gasteiger partial charge in [0.15, 0.2) is 0 Å². The van der Waals surface area contributed by atoms with Crippen molar-refractivity contribution in [2.45, 2.75) is 39.2 Å². The lowest BCUT2D eigenvalue weighted by Crippen LogP contribution is -2.51. The van der Waals surface area contributed by atoms with E-state index in [0.717, 1.165) is 16.5 Å². The van der Waals surface area contributed by atoms with Crippen molar-refractivity contribution in [2.75, 3.05) is 27.2 Å². The molecule has 9 nitrogen and oxygen atoms in total. The highest BCUT2D eigenvalue weighted by atomic mass is 16.5. The van der Waals surface area contributed by atoms with Gasteiger partial charge in [0.25, 0.3) is 0 Å². The first kappa shape index (κ1) is 25.4. The van der Waals surface area contributed by atoms with Gasteiger partial charge in [-0.05, 0) is 38.1 Å². The van der Waals surface area contributed by atoms with Crippen LogP contribution in [0, 0.1) is 11.8 Å². The lowest BCUT2D eigenvalue weighted by molar-refractivity contribution is -0.136. The zero-order valence-electron chi connectivity index (χ0n) is 19.3. The molecule has 0 spiro atoms. The van der Waals surface area contributed by atoms with Crippen molar-refractivity contribution in [3.8, 4) is 0 Å². The van der Waals surface area contributed by atoms with Crippen LogP contribution in [0.25, 0.3) is 10.9 Å². The van der Waals surface area contributed by atoms with Crippen LogP contribution < -0.4 is 16.1 Å². The number of aromatic amines is 1. The topological polar surface area (TPSA) is 127 Å². The maximum atomic E-state index is 13.1. The molecule has 9 heteroatoms. The predicted octanol–water partition coefficient (Wildman–Crippen LogP) is 1.43. The summed E-state index contributed by atoms with van der Waals surface area (Å²) in [5.74, 6) is -1.77. The van der Waals surface area contributed by atoms with Crippen LogP contribution in [0.4, 0.5) is 0 Å². The van der Waals surface area contributed by atoms with Gasteiger partial charge >= 0.3 is 0 Å². The Kier molecular flexibility index (Phi) is 9.67. The highest BCUT2D eigenvalue weighted by Crippen LogP contribution is 2.20. The number of H-pyrrole nitrogens is 1. The van der Waals surface area contributed by atoms with Gasteiger partial charge in [-0.3, -0.25) is 19.6 Å². The first-order valence-electron chi connectivity index (χ1n) is 10.9. The van der Waals surface area contributed by atoms with Crippen LogP contribution in [-0.4, -0.2) is 66.0 Å². The van der Waals surface area contributed by atoms with E-state index in [4.69, 9.17) is 5.21 Å². The van der Waals surface area contributed by atoms with Crippen molar-refractivity contribution >= 4 is 28.6 Å². The summed E-state index contributed by atoms with van der Waals surface area (Å²) >= 11 is 0. The van der Waals surface area contributed by atoms with E-state index in [9.17, 15) is 14.4 Å². The molecule has 5 N–H and O–H groups in total. The molecule has 0 saturated carbocycles. The van der Waals surface area contributed by atoms with E-state index in [2.05, 4.69) is 15.6 Å².